The molecule has 4 aliphatic carbocycles. The number of halogens is 7. The van der Waals surface area contributed by atoms with Gasteiger partial charge in [-0.05, 0) is 120 Å². The van der Waals surface area contributed by atoms with Gasteiger partial charge in [0.25, 0.3) is 0 Å². The Morgan fingerprint density at radius 2 is 1.23 bits per heavy atom. The Balaban J connectivity index is 1.33. The molecule has 4 saturated carbocycles. The van der Waals surface area contributed by atoms with Gasteiger partial charge in [0.15, 0.2) is 0 Å². The molecule has 12 atom stereocenters. The first-order valence-electron chi connectivity index (χ1n) is 39.0. The summed E-state index contributed by atoms with van der Waals surface area (Å²) in [5, 5.41) is 8.50. The lowest BCUT2D eigenvalue weighted by Crippen LogP contribution is -2.68. The van der Waals surface area contributed by atoms with E-state index < -0.39 is 237 Å². The van der Waals surface area contributed by atoms with Crippen LogP contribution >= 0.6 is 0 Å². The van der Waals surface area contributed by atoms with Gasteiger partial charge in [-0.25, -0.2) is 17.6 Å². The molecule has 32 heteroatoms. The summed E-state index contributed by atoms with van der Waals surface area (Å²) >= 11 is 0. The second-order valence-electron chi connectivity index (χ2n) is 32.0. The minimum atomic E-state index is -5.21. The Kier molecular flexibility index (Phi) is 31.1. The van der Waals surface area contributed by atoms with Crippen LogP contribution in [0.5, 0.6) is 0 Å². The number of likely N-dealkylation sites (N-methyl/N-ethyl adjacent to an activating group) is 7. The minimum Gasteiger partial charge on any atom is -0.377 e. The average molecular weight is 1540 g/mol. The number of amides is 12. The van der Waals surface area contributed by atoms with Crippen molar-refractivity contribution < 1.29 is 93.0 Å². The number of carbonyl (C=O) groups is 12. The molecule has 6 fully saturated rings. The number of ether oxygens (including phenoxy) is 1. The highest BCUT2D eigenvalue weighted by atomic mass is 19.4. The zero-order chi connectivity index (χ0) is 80.2. The topological polar surface area (TPSA) is 279 Å². The first-order chi connectivity index (χ1) is 50.7. The SMILES string of the molecule is CCO[C@@H]1C[C@H]2C(=O)NC3(CCC3)C(=O)N(C)[C@@H](C(CC)CC)C(=O)N(C)[C@H](C(=O)N(C)C)CC(=O)N(C)[C@@H](CC3CCCC3)C(=O)N[C@@H]([C@@H](C)CC)C(=O)N(C)CC(=O)N(C)[C@H]3C/C=C\CCN(C3=O)[C@@H](CC3CCC(F)(F)CC3)C(=O)N(C)CC(=O)N[C@@H](CCC3CC(F)C(C(F)(F)F)C(F)C3)C(=O)N2C1. The molecular weight excluding hydrogens is 1420 g/mol. The van der Waals surface area contributed by atoms with E-state index in [0.717, 1.165) is 50.2 Å². The summed E-state index contributed by atoms with van der Waals surface area (Å²) in [7, 11) is 11.0. The predicted molar refractivity (Wildman–Crippen MR) is 386 cm³/mol. The first-order valence-corrected chi connectivity index (χ1v) is 39.0. The van der Waals surface area contributed by atoms with Crippen molar-refractivity contribution in [2.75, 3.05) is 89.2 Å². The van der Waals surface area contributed by atoms with Gasteiger partial charge in [0.05, 0.1) is 25.6 Å². The Bertz CT molecular complexity index is 3210. The molecule has 0 aromatic carbocycles. The summed E-state index contributed by atoms with van der Waals surface area (Å²) in [4.78, 5) is 192. The van der Waals surface area contributed by atoms with Crippen molar-refractivity contribution in [3.8, 4) is 0 Å². The number of hydrogen-bond donors (Lipinski definition) is 3. The van der Waals surface area contributed by atoms with Crippen LogP contribution in [0.25, 0.3) is 0 Å². The number of carbonyl (C=O) groups excluding carboxylic acids is 12. The molecule has 3 N–H and O–H groups in total. The molecule has 7 aliphatic rings. The number of nitrogens with one attached hydrogen (secondary N) is 3. The van der Waals surface area contributed by atoms with Gasteiger partial charge < -0.3 is 64.8 Å². The van der Waals surface area contributed by atoms with Crippen molar-refractivity contribution in [1.29, 1.82) is 0 Å². The van der Waals surface area contributed by atoms with Crippen molar-refractivity contribution >= 4 is 70.9 Å². The maximum atomic E-state index is 15.6. The second kappa shape index (κ2) is 38.2. The Hall–Kier alpha value is -7.15. The number of alkyl halides is 7. The van der Waals surface area contributed by atoms with Crippen molar-refractivity contribution in [3.63, 3.8) is 0 Å². The van der Waals surface area contributed by atoms with Gasteiger partial charge in [0.1, 0.15) is 72.1 Å². The van der Waals surface area contributed by atoms with E-state index in [9.17, 15) is 41.1 Å². The van der Waals surface area contributed by atoms with Gasteiger partial charge in [-0.2, -0.15) is 13.2 Å². The maximum absolute atomic E-state index is 15.6. The standard InChI is InChI=1S/C76H119F7N12O13/c1-14-45(5)63-71(105)89(9)44-61(98)90(10)54-26-19-18-22-35-94(70(54)104)58(39-47-29-33-75(79,80)34-30-47)69(103)88(8)43-59(96)84-53(28-27-48-36-51(77)62(52(78)37-48)76(81,82)83)67(101)95-42-50(108-17-4)40-56(95)66(100)86-74(31-23-32-74)73(107)93(13)64(49(15-2)16-3)72(106)92(12)57(68(102)87(6)7)41-60(97)91(11)55(65(99)85-63)38-46-24-20-21-25-46/h18-19,45-58,62-64H,14-17,20-44H2,1-13H3,(H,84,96)(H,85,99)(H,86,100)/b19-18-/t45-,48?,50+,51?,52?,53-,54-,55-,56-,57-,58-,62?,63-,64-/m0/s1. The van der Waals surface area contributed by atoms with Crippen molar-refractivity contribution in [3.05, 3.63) is 12.2 Å². The van der Waals surface area contributed by atoms with E-state index in [1.54, 1.807) is 32.9 Å². The molecule has 3 heterocycles. The van der Waals surface area contributed by atoms with Crippen LogP contribution < -0.4 is 16.0 Å². The van der Waals surface area contributed by atoms with E-state index in [4.69, 9.17) is 4.74 Å². The van der Waals surface area contributed by atoms with Crippen LogP contribution in [0, 0.1) is 35.5 Å². The zero-order valence-corrected chi connectivity index (χ0v) is 65.5. The van der Waals surface area contributed by atoms with E-state index in [0.29, 0.717) is 25.7 Å². The average Bonchev–Trinajstić information content (AvgIpc) is 1.11. The number of rotatable bonds is 15. The molecule has 2 saturated heterocycles. The third-order valence-corrected chi connectivity index (χ3v) is 24.4. The molecule has 0 aromatic heterocycles. The summed E-state index contributed by atoms with van der Waals surface area (Å²) < 4.78 is 108. The normalized spacial score (nSPS) is 31.1. The zero-order valence-electron chi connectivity index (χ0n) is 65.5. The highest BCUT2D eigenvalue weighted by Crippen LogP contribution is 2.45. The maximum Gasteiger partial charge on any atom is 0.397 e. The highest BCUT2D eigenvalue weighted by molar-refractivity contribution is 6.01. The molecular formula is C76H119F7N12O13. The van der Waals surface area contributed by atoms with E-state index >= 15 is 47.1 Å². The molecule has 610 valence electrons. The lowest BCUT2D eigenvalue weighted by atomic mass is 9.74. The van der Waals surface area contributed by atoms with Crippen molar-refractivity contribution in [2.24, 2.45) is 35.5 Å². The predicted octanol–water partition coefficient (Wildman–Crippen LogP) is 6.59. The van der Waals surface area contributed by atoms with Crippen molar-refractivity contribution in [2.45, 2.75) is 273 Å². The smallest absolute Gasteiger partial charge is 0.377 e. The van der Waals surface area contributed by atoms with Gasteiger partial charge in [-0.3, -0.25) is 57.5 Å². The Labute approximate surface area is 631 Å². The molecule has 1 spiro atoms. The summed E-state index contributed by atoms with van der Waals surface area (Å²) in [5.41, 5.74) is -1.70. The van der Waals surface area contributed by atoms with E-state index in [-0.39, 0.29) is 89.8 Å². The van der Waals surface area contributed by atoms with Gasteiger partial charge in [-0.1, -0.05) is 84.8 Å². The number of fused-ring (bicyclic) bond motifs is 3. The molecule has 12 amide bonds. The van der Waals surface area contributed by atoms with Crippen LogP contribution in [-0.2, 0) is 62.3 Å². The molecule has 2 unspecified atom stereocenters. The molecule has 25 nitrogen and oxygen atoms in total. The summed E-state index contributed by atoms with van der Waals surface area (Å²) in [5.74, 6) is -18.0. The number of nitrogens with zero attached hydrogens (tertiary/aromatic N) is 9. The third-order valence-electron chi connectivity index (χ3n) is 24.4. The lowest BCUT2D eigenvalue weighted by molar-refractivity contribution is -0.219. The third kappa shape index (κ3) is 21.3. The quantitative estimate of drug-likeness (QED) is 0.115. The lowest BCUT2D eigenvalue weighted by Gasteiger charge is -2.47. The van der Waals surface area contributed by atoms with Crippen LogP contribution in [0.15, 0.2) is 12.2 Å². The molecule has 2 bridgehead atoms. The van der Waals surface area contributed by atoms with Crippen molar-refractivity contribution in [1.82, 2.24) is 60.0 Å². The molecule has 108 heavy (non-hydrogen) atoms. The van der Waals surface area contributed by atoms with E-state index in [2.05, 4.69) is 16.0 Å². The molecule has 7 rings (SSSR count). The molecule has 3 aliphatic heterocycles. The fourth-order valence-electron chi connectivity index (χ4n) is 17.2. The van der Waals surface area contributed by atoms with Gasteiger partial charge in [0, 0.05) is 95.3 Å². The highest BCUT2D eigenvalue weighted by Gasteiger charge is 2.56. The summed E-state index contributed by atoms with van der Waals surface area (Å²) in [6, 6.07) is -11.2. The summed E-state index contributed by atoms with van der Waals surface area (Å²) in [6.45, 7) is 7.04. The Morgan fingerprint density at radius 3 is 1.80 bits per heavy atom. The molecule has 0 radical (unpaired) electrons. The van der Waals surface area contributed by atoms with Crippen LogP contribution in [-0.4, -0.2) is 289 Å². The monoisotopic (exact) mass is 1540 g/mol. The van der Waals surface area contributed by atoms with Gasteiger partial charge in [-0.15, -0.1) is 0 Å². The number of hydrogen-bond acceptors (Lipinski definition) is 13. The largest absolute Gasteiger partial charge is 0.397 e. The van der Waals surface area contributed by atoms with Crippen LogP contribution in [0.1, 0.15) is 189 Å². The fourth-order valence-corrected chi connectivity index (χ4v) is 17.2. The fraction of sp³-hybridized carbons (Fsp3) is 0.816. The van der Waals surface area contributed by atoms with E-state index in [1.165, 1.54) is 76.0 Å². The van der Waals surface area contributed by atoms with E-state index in [1.807, 2.05) is 13.8 Å². The van der Waals surface area contributed by atoms with Gasteiger partial charge in [0.2, 0.25) is 76.8 Å². The summed E-state index contributed by atoms with van der Waals surface area (Å²) in [6.07, 6.45) is -7.26. The van der Waals surface area contributed by atoms with Crippen LogP contribution in [0.3, 0.4) is 0 Å². The van der Waals surface area contributed by atoms with Crippen LogP contribution in [0.4, 0.5) is 30.7 Å². The minimum absolute atomic E-state index is 0.0256. The Morgan fingerprint density at radius 1 is 0.630 bits per heavy atom. The first kappa shape index (κ1) is 88.1. The van der Waals surface area contributed by atoms with Gasteiger partial charge >= 0.3 is 6.18 Å². The second-order valence-corrected chi connectivity index (χ2v) is 32.0. The van der Waals surface area contributed by atoms with Crippen LogP contribution in [0.2, 0.25) is 0 Å². The molecule has 0 aromatic rings.